The number of benzene rings is 1. The van der Waals surface area contributed by atoms with Crippen LogP contribution in [-0.4, -0.2) is 15.6 Å². The normalized spacial score (nSPS) is 10.9. The first kappa shape index (κ1) is 15.6. The highest BCUT2D eigenvalue weighted by molar-refractivity contribution is 7.17. The number of nitrogens with one attached hydrogen (secondary N) is 1. The van der Waals surface area contributed by atoms with Crippen LogP contribution in [0.15, 0.2) is 34.4 Å². The lowest BCUT2D eigenvalue weighted by Gasteiger charge is -2.11. The van der Waals surface area contributed by atoms with Gasteiger partial charge in [0.2, 0.25) is 0 Å². The van der Waals surface area contributed by atoms with Crippen LogP contribution >= 0.6 is 22.9 Å². The minimum atomic E-state index is -0.663. The number of hydrogen-bond donors (Lipinski definition) is 2. The van der Waals surface area contributed by atoms with Crippen molar-refractivity contribution in [2.24, 2.45) is 7.05 Å². The smallest absolute Gasteiger partial charge is 0.267 e. The summed E-state index contributed by atoms with van der Waals surface area (Å²) in [7, 11) is 1.57. The zero-order valence-electron chi connectivity index (χ0n) is 12.4. The van der Waals surface area contributed by atoms with Crippen molar-refractivity contribution in [2.45, 2.75) is 6.92 Å². The summed E-state index contributed by atoms with van der Waals surface area (Å²) in [5.41, 5.74) is 1.06. The van der Waals surface area contributed by atoms with E-state index in [0.717, 1.165) is 5.56 Å². The third-order valence-corrected chi connectivity index (χ3v) is 4.80. The van der Waals surface area contributed by atoms with Gasteiger partial charge in [-0.15, -0.1) is 11.3 Å². The summed E-state index contributed by atoms with van der Waals surface area (Å²) in [6.45, 7) is 1.81. The first-order valence-electron chi connectivity index (χ1n) is 6.77. The summed E-state index contributed by atoms with van der Waals surface area (Å²) in [4.78, 5) is 24.9. The van der Waals surface area contributed by atoms with E-state index in [1.807, 2.05) is 6.92 Å². The first-order valence-corrected chi connectivity index (χ1v) is 8.02. The molecule has 7 heteroatoms. The van der Waals surface area contributed by atoms with Crippen LogP contribution in [0.5, 0.6) is 5.75 Å². The highest BCUT2D eigenvalue weighted by Gasteiger charge is 2.22. The van der Waals surface area contributed by atoms with Crippen molar-refractivity contribution in [2.75, 3.05) is 5.32 Å². The SMILES string of the molecule is Cc1ccc(Cl)cc1NC(=O)c1c(O)c2sccc2n(C)c1=O. The van der Waals surface area contributed by atoms with Gasteiger partial charge in [-0.3, -0.25) is 9.59 Å². The Hall–Kier alpha value is -2.31. The molecule has 3 aromatic rings. The predicted molar refractivity (Wildman–Crippen MR) is 92.9 cm³/mol. The maximum atomic E-state index is 12.5. The van der Waals surface area contributed by atoms with Gasteiger partial charge in [0.05, 0.1) is 10.2 Å². The van der Waals surface area contributed by atoms with E-state index in [2.05, 4.69) is 5.32 Å². The number of anilines is 1. The van der Waals surface area contributed by atoms with Gasteiger partial charge < -0.3 is 15.0 Å². The molecule has 2 aromatic heterocycles. The standard InChI is InChI=1S/C16H13ClN2O3S/c1-8-3-4-9(17)7-10(8)18-15(21)12-13(20)14-11(5-6-23-14)19(2)16(12)22/h3-7,20H,1-2H3,(H,18,21). The van der Waals surface area contributed by atoms with Crippen molar-refractivity contribution in [3.8, 4) is 5.75 Å². The second-order valence-corrected chi connectivity index (χ2v) is 6.49. The Kier molecular flexibility index (Phi) is 3.87. The number of thiophene rings is 1. The molecule has 1 aromatic carbocycles. The van der Waals surface area contributed by atoms with Crippen molar-refractivity contribution >= 4 is 44.7 Å². The molecule has 0 unspecified atom stereocenters. The van der Waals surface area contributed by atoms with Crippen molar-refractivity contribution in [3.05, 3.63) is 56.1 Å². The zero-order chi connectivity index (χ0) is 16.7. The van der Waals surface area contributed by atoms with Crippen molar-refractivity contribution in [3.63, 3.8) is 0 Å². The van der Waals surface area contributed by atoms with E-state index in [1.54, 1.807) is 36.7 Å². The fraction of sp³-hybridized carbons (Fsp3) is 0.125. The van der Waals surface area contributed by atoms with Crippen LogP contribution < -0.4 is 10.9 Å². The number of hydrogen-bond acceptors (Lipinski definition) is 4. The van der Waals surface area contributed by atoms with Crippen LogP contribution in [0.1, 0.15) is 15.9 Å². The van der Waals surface area contributed by atoms with Crippen LogP contribution in [0.25, 0.3) is 10.2 Å². The molecule has 0 saturated carbocycles. The van der Waals surface area contributed by atoms with Gasteiger partial charge in [-0.25, -0.2) is 0 Å². The van der Waals surface area contributed by atoms with Crippen LogP contribution in [0, 0.1) is 6.92 Å². The number of carbonyl (C=O) groups excluding carboxylic acids is 1. The fourth-order valence-electron chi connectivity index (χ4n) is 2.35. The Morgan fingerprint density at radius 3 is 2.83 bits per heavy atom. The molecule has 3 rings (SSSR count). The number of nitrogens with zero attached hydrogens (tertiary/aromatic N) is 1. The summed E-state index contributed by atoms with van der Waals surface area (Å²) in [6, 6.07) is 6.79. The molecule has 0 radical (unpaired) electrons. The van der Waals surface area contributed by atoms with Gasteiger partial charge in [-0.05, 0) is 36.1 Å². The minimum Gasteiger partial charge on any atom is -0.505 e. The summed E-state index contributed by atoms with van der Waals surface area (Å²) in [6.07, 6.45) is 0. The van der Waals surface area contributed by atoms with Crippen LogP contribution in [0.4, 0.5) is 5.69 Å². The average molecular weight is 349 g/mol. The molecule has 0 fully saturated rings. The number of aromatic hydroxyl groups is 1. The Labute approximate surface area is 140 Å². The van der Waals surface area contributed by atoms with E-state index in [-0.39, 0.29) is 11.3 Å². The minimum absolute atomic E-state index is 0.276. The lowest BCUT2D eigenvalue weighted by molar-refractivity contribution is 0.102. The van der Waals surface area contributed by atoms with Gasteiger partial charge in [0.1, 0.15) is 5.56 Å². The third-order valence-electron chi connectivity index (χ3n) is 3.65. The van der Waals surface area contributed by atoms with E-state index < -0.39 is 11.5 Å². The maximum Gasteiger partial charge on any atom is 0.267 e. The number of carbonyl (C=O) groups is 1. The molecule has 0 aliphatic carbocycles. The lowest BCUT2D eigenvalue weighted by Crippen LogP contribution is -2.28. The quantitative estimate of drug-likeness (QED) is 0.744. The van der Waals surface area contributed by atoms with Crippen molar-refractivity contribution in [1.29, 1.82) is 0 Å². The van der Waals surface area contributed by atoms with Gasteiger partial charge in [-0.1, -0.05) is 17.7 Å². The zero-order valence-corrected chi connectivity index (χ0v) is 14.0. The molecule has 0 saturated heterocycles. The molecule has 2 heterocycles. The second kappa shape index (κ2) is 5.72. The topological polar surface area (TPSA) is 71.3 Å². The molecule has 0 bridgehead atoms. The van der Waals surface area contributed by atoms with Gasteiger partial charge in [0.25, 0.3) is 11.5 Å². The van der Waals surface area contributed by atoms with Gasteiger partial charge in [0.15, 0.2) is 5.75 Å². The molecule has 0 atom stereocenters. The molecular weight excluding hydrogens is 336 g/mol. The predicted octanol–water partition coefficient (Wildman–Crippen LogP) is 3.52. The monoisotopic (exact) mass is 348 g/mol. The van der Waals surface area contributed by atoms with E-state index in [4.69, 9.17) is 11.6 Å². The van der Waals surface area contributed by atoms with E-state index >= 15 is 0 Å². The molecule has 2 N–H and O–H groups in total. The van der Waals surface area contributed by atoms with E-state index in [9.17, 15) is 14.7 Å². The van der Waals surface area contributed by atoms with Crippen LogP contribution in [-0.2, 0) is 7.05 Å². The number of aryl methyl sites for hydroxylation is 2. The maximum absolute atomic E-state index is 12.5. The Balaban J connectivity index is 2.11. The Morgan fingerprint density at radius 2 is 2.09 bits per heavy atom. The second-order valence-electron chi connectivity index (χ2n) is 5.14. The molecule has 1 amide bonds. The Morgan fingerprint density at radius 1 is 1.35 bits per heavy atom. The Bertz CT molecular complexity index is 991. The molecule has 118 valence electrons. The highest BCUT2D eigenvalue weighted by atomic mass is 35.5. The van der Waals surface area contributed by atoms with Gasteiger partial charge in [-0.2, -0.15) is 0 Å². The number of rotatable bonds is 2. The number of halogens is 1. The number of fused-ring (bicyclic) bond motifs is 1. The lowest BCUT2D eigenvalue weighted by atomic mass is 10.1. The third kappa shape index (κ3) is 2.60. The van der Waals surface area contributed by atoms with Gasteiger partial charge in [0, 0.05) is 17.8 Å². The molecular formula is C16H13ClN2O3S. The molecule has 0 spiro atoms. The largest absolute Gasteiger partial charge is 0.505 e. The molecule has 23 heavy (non-hydrogen) atoms. The number of pyridine rings is 1. The molecule has 5 nitrogen and oxygen atoms in total. The van der Waals surface area contributed by atoms with Crippen LogP contribution in [0.2, 0.25) is 5.02 Å². The summed E-state index contributed by atoms with van der Waals surface area (Å²) in [5.74, 6) is -0.959. The number of aromatic nitrogens is 1. The van der Waals surface area contributed by atoms with Gasteiger partial charge >= 0.3 is 0 Å². The summed E-state index contributed by atoms with van der Waals surface area (Å²) in [5, 5.41) is 15.2. The van der Waals surface area contributed by atoms with E-state index in [0.29, 0.717) is 20.9 Å². The molecule has 0 aliphatic rings. The van der Waals surface area contributed by atoms with Crippen molar-refractivity contribution < 1.29 is 9.90 Å². The van der Waals surface area contributed by atoms with Crippen molar-refractivity contribution in [1.82, 2.24) is 4.57 Å². The van der Waals surface area contributed by atoms with Crippen LogP contribution in [0.3, 0.4) is 0 Å². The molecule has 0 aliphatic heterocycles. The fourth-order valence-corrected chi connectivity index (χ4v) is 3.40. The summed E-state index contributed by atoms with van der Waals surface area (Å²) < 4.78 is 1.85. The highest BCUT2D eigenvalue weighted by Crippen LogP contribution is 2.31. The van der Waals surface area contributed by atoms with E-state index in [1.165, 1.54) is 15.9 Å². The number of amides is 1. The average Bonchev–Trinajstić information content (AvgIpc) is 2.99. The summed E-state index contributed by atoms with van der Waals surface area (Å²) >= 11 is 7.20. The first-order chi connectivity index (χ1) is 10.9.